The van der Waals surface area contributed by atoms with Crippen LogP contribution in [0.1, 0.15) is 11.1 Å². The number of hydrogen-bond acceptors (Lipinski definition) is 5. The van der Waals surface area contributed by atoms with Gasteiger partial charge in [0.2, 0.25) is 0 Å². The molecule has 1 aromatic heterocycles. The van der Waals surface area contributed by atoms with Crippen LogP contribution in [0.5, 0.6) is 0 Å². The second kappa shape index (κ2) is 11.0. The fourth-order valence-corrected chi connectivity index (χ4v) is 3.46. The number of halogens is 2. The molecule has 8 nitrogen and oxygen atoms in total. The van der Waals surface area contributed by atoms with Crippen molar-refractivity contribution >= 4 is 46.7 Å². The van der Waals surface area contributed by atoms with Crippen molar-refractivity contribution < 1.29 is 9.53 Å². The Morgan fingerprint density at radius 1 is 1.15 bits per heavy atom. The molecule has 0 saturated carbocycles. The zero-order valence-electron chi connectivity index (χ0n) is 17.8. The Morgan fingerprint density at radius 3 is 2.55 bits per heavy atom. The Bertz CT molecular complexity index is 1290. The van der Waals surface area contributed by atoms with E-state index in [9.17, 15) is 14.4 Å². The van der Waals surface area contributed by atoms with Crippen LogP contribution in [-0.4, -0.2) is 35.7 Å². The Kier molecular flexibility index (Phi) is 8.11. The Morgan fingerprint density at radius 2 is 1.88 bits per heavy atom. The maximum Gasteiger partial charge on any atom is 0.330 e. The van der Waals surface area contributed by atoms with E-state index in [2.05, 4.69) is 4.98 Å². The molecular formula is C23H22Cl2N4O4. The fourth-order valence-electron chi connectivity index (χ4n) is 3.15. The lowest BCUT2D eigenvalue weighted by molar-refractivity contribution is -0.114. The average Bonchev–Trinajstić information content (AvgIpc) is 2.80. The zero-order chi connectivity index (χ0) is 24.0. The molecule has 0 aliphatic rings. The standard InChI is InChI=1S/C23H22Cl2N4O4/c1-33-12-11-28(19(30)10-8-15-7-9-17(24)18(25)13-15)20-21(26)29(23(32)27-22(20)31)14-16-5-3-2-4-6-16/h2-10,13H,11-12,14,26H2,1H3,(H,27,31,32)/b10-8+. The lowest BCUT2D eigenvalue weighted by atomic mass is 10.2. The lowest BCUT2D eigenvalue weighted by Crippen LogP contribution is -2.42. The molecule has 0 fully saturated rings. The molecule has 0 bridgehead atoms. The van der Waals surface area contributed by atoms with Gasteiger partial charge in [0.25, 0.3) is 11.5 Å². The summed E-state index contributed by atoms with van der Waals surface area (Å²) in [6.45, 7) is 0.307. The zero-order valence-corrected chi connectivity index (χ0v) is 19.3. The number of nitrogen functional groups attached to an aromatic ring is 1. The molecule has 1 amide bonds. The number of aromatic nitrogens is 2. The second-order valence-electron chi connectivity index (χ2n) is 7.05. The SMILES string of the molecule is COCCN(C(=O)/C=C/c1ccc(Cl)c(Cl)c1)c1c(N)n(Cc2ccccc2)c(=O)[nH]c1=O. The number of carbonyl (C=O) groups excluding carboxylic acids is 1. The first kappa shape index (κ1) is 24.3. The van der Waals surface area contributed by atoms with Crippen LogP contribution in [0.25, 0.3) is 6.08 Å². The van der Waals surface area contributed by atoms with E-state index in [4.69, 9.17) is 33.7 Å². The number of anilines is 2. The number of hydrogen-bond donors (Lipinski definition) is 2. The highest BCUT2D eigenvalue weighted by atomic mass is 35.5. The number of aromatic amines is 1. The molecule has 0 radical (unpaired) electrons. The molecule has 0 aliphatic carbocycles. The molecule has 2 aromatic carbocycles. The van der Waals surface area contributed by atoms with Crippen molar-refractivity contribution in [2.75, 3.05) is 30.9 Å². The first-order valence-electron chi connectivity index (χ1n) is 9.92. The summed E-state index contributed by atoms with van der Waals surface area (Å²) < 4.78 is 6.30. The molecule has 33 heavy (non-hydrogen) atoms. The highest BCUT2D eigenvalue weighted by Gasteiger charge is 2.23. The average molecular weight is 489 g/mol. The van der Waals surface area contributed by atoms with Crippen molar-refractivity contribution in [3.63, 3.8) is 0 Å². The van der Waals surface area contributed by atoms with Gasteiger partial charge >= 0.3 is 5.69 Å². The van der Waals surface area contributed by atoms with Crippen LogP contribution in [-0.2, 0) is 16.1 Å². The van der Waals surface area contributed by atoms with Gasteiger partial charge < -0.3 is 10.5 Å². The van der Waals surface area contributed by atoms with Crippen molar-refractivity contribution in [1.82, 2.24) is 9.55 Å². The molecular weight excluding hydrogens is 467 g/mol. The first-order valence-corrected chi connectivity index (χ1v) is 10.7. The van der Waals surface area contributed by atoms with Gasteiger partial charge in [-0.15, -0.1) is 0 Å². The quantitative estimate of drug-likeness (QED) is 0.473. The van der Waals surface area contributed by atoms with E-state index in [0.717, 1.165) is 5.56 Å². The lowest BCUT2D eigenvalue weighted by Gasteiger charge is -2.23. The molecule has 0 saturated heterocycles. The molecule has 0 aliphatic heterocycles. The molecule has 3 aromatic rings. The van der Waals surface area contributed by atoms with Crippen molar-refractivity contribution in [1.29, 1.82) is 0 Å². The number of nitrogens with zero attached hydrogens (tertiary/aromatic N) is 2. The molecule has 0 atom stereocenters. The molecule has 10 heteroatoms. The summed E-state index contributed by atoms with van der Waals surface area (Å²) in [5.41, 5.74) is 6.11. The Hall–Kier alpha value is -3.33. The van der Waals surface area contributed by atoms with Gasteiger partial charge in [0.05, 0.1) is 23.2 Å². The van der Waals surface area contributed by atoms with E-state index >= 15 is 0 Å². The van der Waals surface area contributed by atoms with Crippen LogP contribution in [0.4, 0.5) is 11.5 Å². The van der Waals surface area contributed by atoms with Crippen LogP contribution in [0.2, 0.25) is 10.0 Å². The van der Waals surface area contributed by atoms with Crippen molar-refractivity contribution in [3.05, 3.63) is 96.6 Å². The van der Waals surface area contributed by atoms with Gasteiger partial charge in [-0.1, -0.05) is 59.6 Å². The molecule has 172 valence electrons. The summed E-state index contributed by atoms with van der Waals surface area (Å²) in [6.07, 6.45) is 2.81. The summed E-state index contributed by atoms with van der Waals surface area (Å²) in [7, 11) is 1.47. The number of nitrogens with one attached hydrogen (secondary N) is 1. The minimum absolute atomic E-state index is 0.0396. The Balaban J connectivity index is 2.00. The largest absolute Gasteiger partial charge is 0.383 e. The number of methoxy groups -OCH3 is 1. The number of rotatable bonds is 8. The summed E-state index contributed by atoms with van der Waals surface area (Å²) in [5, 5.41) is 0.734. The summed E-state index contributed by atoms with van der Waals surface area (Å²) >= 11 is 12.0. The third-order valence-corrected chi connectivity index (χ3v) is 5.55. The van der Waals surface area contributed by atoms with Crippen LogP contribution in [0.15, 0.2) is 64.2 Å². The minimum atomic E-state index is -0.769. The number of benzene rings is 2. The maximum atomic E-state index is 13.1. The molecule has 3 rings (SSSR count). The van der Waals surface area contributed by atoms with Gasteiger partial charge in [0.1, 0.15) is 5.82 Å². The van der Waals surface area contributed by atoms with Crippen LogP contribution in [0.3, 0.4) is 0 Å². The number of amides is 1. The van der Waals surface area contributed by atoms with E-state index < -0.39 is 17.2 Å². The molecule has 0 unspecified atom stereocenters. The fraction of sp³-hybridized carbons (Fsp3) is 0.174. The monoisotopic (exact) mass is 488 g/mol. The predicted octanol–water partition coefficient (Wildman–Crippen LogP) is 3.17. The van der Waals surface area contributed by atoms with E-state index in [0.29, 0.717) is 15.6 Å². The number of carbonyl (C=O) groups is 1. The predicted molar refractivity (Wildman–Crippen MR) is 131 cm³/mol. The second-order valence-corrected chi connectivity index (χ2v) is 7.87. The van der Waals surface area contributed by atoms with Crippen molar-refractivity contribution in [2.24, 2.45) is 0 Å². The third kappa shape index (κ3) is 5.92. The number of H-pyrrole nitrogens is 1. The summed E-state index contributed by atoms with van der Waals surface area (Å²) in [6, 6.07) is 14.1. The van der Waals surface area contributed by atoms with Crippen molar-refractivity contribution in [3.8, 4) is 0 Å². The Labute approximate surface area is 199 Å². The smallest absolute Gasteiger partial charge is 0.330 e. The van der Waals surface area contributed by atoms with Gasteiger partial charge in [0.15, 0.2) is 5.69 Å². The maximum absolute atomic E-state index is 13.1. The third-order valence-electron chi connectivity index (χ3n) is 4.81. The number of nitrogens with two attached hydrogens (primary N) is 1. The van der Waals surface area contributed by atoms with E-state index in [1.54, 1.807) is 18.2 Å². The molecule has 3 N–H and O–H groups in total. The van der Waals surface area contributed by atoms with E-state index in [1.165, 1.54) is 28.7 Å². The van der Waals surface area contributed by atoms with Gasteiger partial charge in [0, 0.05) is 19.7 Å². The van der Waals surface area contributed by atoms with Crippen LogP contribution < -0.4 is 21.9 Å². The number of ether oxygens (including phenoxy) is 1. The van der Waals surface area contributed by atoms with Gasteiger partial charge in [-0.2, -0.15) is 0 Å². The normalized spacial score (nSPS) is 11.1. The van der Waals surface area contributed by atoms with Crippen molar-refractivity contribution in [2.45, 2.75) is 6.54 Å². The van der Waals surface area contributed by atoms with Gasteiger partial charge in [-0.25, -0.2) is 4.79 Å². The highest BCUT2D eigenvalue weighted by Crippen LogP contribution is 2.23. The topological polar surface area (TPSA) is 110 Å². The van der Waals surface area contributed by atoms with Gasteiger partial charge in [-0.05, 0) is 29.3 Å². The van der Waals surface area contributed by atoms with E-state index in [1.807, 2.05) is 30.3 Å². The summed E-state index contributed by atoms with van der Waals surface area (Å²) in [5.74, 6) is -0.653. The first-order chi connectivity index (χ1) is 15.8. The summed E-state index contributed by atoms with van der Waals surface area (Å²) in [4.78, 5) is 41.6. The minimum Gasteiger partial charge on any atom is -0.383 e. The molecule has 0 spiro atoms. The van der Waals surface area contributed by atoms with Gasteiger partial charge in [-0.3, -0.25) is 24.0 Å². The molecule has 1 heterocycles. The van der Waals surface area contributed by atoms with Crippen LogP contribution >= 0.6 is 23.2 Å². The van der Waals surface area contributed by atoms with Crippen LogP contribution in [0, 0.1) is 0 Å². The highest BCUT2D eigenvalue weighted by molar-refractivity contribution is 6.42. The van der Waals surface area contributed by atoms with E-state index in [-0.39, 0.29) is 31.2 Å².